The van der Waals surface area contributed by atoms with Gasteiger partial charge in [0.05, 0.1) is 12.1 Å². The van der Waals surface area contributed by atoms with Gasteiger partial charge in [0, 0.05) is 49.9 Å². The Kier molecular flexibility index (Phi) is 4.84. The van der Waals surface area contributed by atoms with E-state index >= 15 is 0 Å². The van der Waals surface area contributed by atoms with E-state index in [4.69, 9.17) is 9.51 Å². The SMILES string of the molecule is CCc1cc(N2CCCN(Cc3noc(C)n3)CC2)c2ccccc2n1. The summed E-state index contributed by atoms with van der Waals surface area (Å²) in [5.74, 6) is 1.41. The van der Waals surface area contributed by atoms with Crippen molar-refractivity contribution >= 4 is 16.6 Å². The van der Waals surface area contributed by atoms with E-state index < -0.39 is 0 Å². The molecule has 0 amide bonds. The number of rotatable bonds is 4. The minimum atomic E-state index is 0.631. The summed E-state index contributed by atoms with van der Waals surface area (Å²) in [6.45, 7) is 8.84. The molecule has 3 heterocycles. The smallest absolute Gasteiger partial charge is 0.223 e. The number of para-hydroxylation sites is 1. The average Bonchev–Trinajstić information content (AvgIpc) is 2.93. The van der Waals surface area contributed by atoms with E-state index in [9.17, 15) is 0 Å². The molecule has 0 bridgehead atoms. The maximum atomic E-state index is 5.10. The van der Waals surface area contributed by atoms with Gasteiger partial charge in [-0.05, 0) is 25.0 Å². The lowest BCUT2D eigenvalue weighted by molar-refractivity contribution is 0.272. The Labute approximate surface area is 153 Å². The molecule has 0 aliphatic carbocycles. The molecule has 2 aromatic heterocycles. The van der Waals surface area contributed by atoms with Crippen molar-refractivity contribution in [3.05, 3.63) is 47.7 Å². The van der Waals surface area contributed by atoms with Crippen molar-refractivity contribution in [2.45, 2.75) is 33.2 Å². The van der Waals surface area contributed by atoms with Crippen LogP contribution in [0.5, 0.6) is 0 Å². The van der Waals surface area contributed by atoms with Gasteiger partial charge in [0.25, 0.3) is 0 Å². The van der Waals surface area contributed by atoms with E-state index in [2.05, 4.69) is 57.2 Å². The molecule has 1 aliphatic heterocycles. The van der Waals surface area contributed by atoms with Crippen LogP contribution in [0.2, 0.25) is 0 Å². The normalized spacial score (nSPS) is 16.2. The molecule has 6 nitrogen and oxygen atoms in total. The maximum absolute atomic E-state index is 5.10. The quantitative estimate of drug-likeness (QED) is 0.719. The van der Waals surface area contributed by atoms with Gasteiger partial charge in [0.1, 0.15) is 0 Å². The molecule has 0 unspecified atom stereocenters. The Morgan fingerprint density at radius 2 is 1.96 bits per heavy atom. The van der Waals surface area contributed by atoms with Crippen molar-refractivity contribution in [2.75, 3.05) is 31.1 Å². The molecule has 0 N–H and O–H groups in total. The summed E-state index contributed by atoms with van der Waals surface area (Å²) in [6.07, 6.45) is 2.07. The number of aryl methyl sites for hydroxylation is 2. The topological polar surface area (TPSA) is 58.3 Å². The molecule has 1 aromatic carbocycles. The predicted molar refractivity (Wildman–Crippen MR) is 102 cm³/mol. The van der Waals surface area contributed by atoms with Gasteiger partial charge in [0.2, 0.25) is 5.89 Å². The van der Waals surface area contributed by atoms with Gasteiger partial charge in [-0.1, -0.05) is 30.3 Å². The molecule has 1 fully saturated rings. The first-order chi connectivity index (χ1) is 12.7. The summed E-state index contributed by atoms with van der Waals surface area (Å²) in [6, 6.07) is 10.7. The zero-order valence-corrected chi connectivity index (χ0v) is 15.5. The Balaban J connectivity index is 1.54. The Hall–Kier alpha value is -2.47. The first-order valence-electron chi connectivity index (χ1n) is 9.38. The monoisotopic (exact) mass is 351 g/mol. The molecule has 0 atom stereocenters. The lowest BCUT2D eigenvalue weighted by Crippen LogP contribution is -2.31. The fraction of sp³-hybridized carbons (Fsp3) is 0.450. The van der Waals surface area contributed by atoms with Crippen molar-refractivity contribution in [3.63, 3.8) is 0 Å². The van der Waals surface area contributed by atoms with E-state index in [1.807, 2.05) is 6.92 Å². The molecule has 26 heavy (non-hydrogen) atoms. The van der Waals surface area contributed by atoms with Crippen LogP contribution >= 0.6 is 0 Å². The van der Waals surface area contributed by atoms with Crippen LogP contribution < -0.4 is 4.90 Å². The minimum Gasteiger partial charge on any atom is -0.370 e. The largest absolute Gasteiger partial charge is 0.370 e. The number of hydrogen-bond donors (Lipinski definition) is 0. The highest BCUT2D eigenvalue weighted by molar-refractivity contribution is 5.92. The van der Waals surface area contributed by atoms with Gasteiger partial charge in [-0.2, -0.15) is 4.98 Å². The number of hydrogen-bond acceptors (Lipinski definition) is 6. The highest BCUT2D eigenvalue weighted by atomic mass is 16.5. The van der Waals surface area contributed by atoms with E-state index in [0.29, 0.717) is 5.89 Å². The fourth-order valence-corrected chi connectivity index (χ4v) is 3.63. The van der Waals surface area contributed by atoms with Crippen LogP contribution in [0, 0.1) is 6.92 Å². The summed E-state index contributed by atoms with van der Waals surface area (Å²) >= 11 is 0. The summed E-state index contributed by atoms with van der Waals surface area (Å²) in [7, 11) is 0. The lowest BCUT2D eigenvalue weighted by atomic mass is 10.1. The number of fused-ring (bicyclic) bond motifs is 1. The third-order valence-electron chi connectivity index (χ3n) is 4.97. The molecule has 3 aromatic rings. The van der Waals surface area contributed by atoms with Crippen molar-refractivity contribution in [3.8, 4) is 0 Å². The van der Waals surface area contributed by atoms with Crippen LogP contribution in [0.25, 0.3) is 10.9 Å². The van der Waals surface area contributed by atoms with Gasteiger partial charge in [0.15, 0.2) is 5.82 Å². The van der Waals surface area contributed by atoms with E-state index in [1.165, 1.54) is 11.1 Å². The number of anilines is 1. The molecular formula is C20H25N5O. The second kappa shape index (κ2) is 7.41. The second-order valence-corrected chi connectivity index (χ2v) is 6.85. The standard InChI is InChI=1S/C20H25N5O/c1-3-16-13-19(17-7-4-5-8-18(17)22-16)25-10-6-9-24(11-12-25)14-20-21-15(2)26-23-20/h4-5,7-8,13H,3,6,9-12,14H2,1-2H3. The van der Waals surface area contributed by atoms with Gasteiger partial charge in [-0.3, -0.25) is 9.88 Å². The molecule has 0 spiro atoms. The molecule has 1 aliphatic rings. The third-order valence-corrected chi connectivity index (χ3v) is 4.97. The number of benzene rings is 1. The zero-order chi connectivity index (χ0) is 17.9. The second-order valence-electron chi connectivity index (χ2n) is 6.85. The Morgan fingerprint density at radius 3 is 2.77 bits per heavy atom. The predicted octanol–water partition coefficient (Wildman–Crippen LogP) is 3.20. The summed E-state index contributed by atoms with van der Waals surface area (Å²) in [5.41, 5.74) is 3.55. The van der Waals surface area contributed by atoms with Gasteiger partial charge < -0.3 is 9.42 Å². The summed E-state index contributed by atoms with van der Waals surface area (Å²) in [4.78, 5) is 14.0. The molecule has 1 saturated heterocycles. The van der Waals surface area contributed by atoms with Gasteiger partial charge in [-0.25, -0.2) is 0 Å². The highest BCUT2D eigenvalue weighted by Crippen LogP contribution is 2.28. The lowest BCUT2D eigenvalue weighted by Gasteiger charge is -2.25. The van der Waals surface area contributed by atoms with Crippen LogP contribution in [-0.4, -0.2) is 46.2 Å². The first kappa shape index (κ1) is 17.0. The highest BCUT2D eigenvalue weighted by Gasteiger charge is 2.19. The van der Waals surface area contributed by atoms with Gasteiger partial charge >= 0.3 is 0 Å². The zero-order valence-electron chi connectivity index (χ0n) is 15.5. The molecule has 4 rings (SSSR count). The van der Waals surface area contributed by atoms with Crippen molar-refractivity contribution in [1.82, 2.24) is 20.0 Å². The Morgan fingerprint density at radius 1 is 1.08 bits per heavy atom. The van der Waals surface area contributed by atoms with Crippen molar-refractivity contribution in [1.29, 1.82) is 0 Å². The molecule has 6 heteroatoms. The number of pyridine rings is 1. The molecule has 0 saturated carbocycles. The van der Waals surface area contributed by atoms with Crippen LogP contribution in [0.4, 0.5) is 5.69 Å². The fourth-order valence-electron chi connectivity index (χ4n) is 3.63. The number of aromatic nitrogens is 3. The van der Waals surface area contributed by atoms with Crippen LogP contribution in [0.1, 0.15) is 30.8 Å². The number of nitrogens with zero attached hydrogens (tertiary/aromatic N) is 5. The van der Waals surface area contributed by atoms with Crippen LogP contribution in [0.15, 0.2) is 34.9 Å². The summed E-state index contributed by atoms with van der Waals surface area (Å²) in [5, 5.41) is 5.27. The van der Waals surface area contributed by atoms with E-state index in [0.717, 1.165) is 62.6 Å². The first-order valence-corrected chi connectivity index (χ1v) is 9.38. The third kappa shape index (κ3) is 3.55. The maximum Gasteiger partial charge on any atom is 0.223 e. The van der Waals surface area contributed by atoms with Gasteiger partial charge in [-0.15, -0.1) is 0 Å². The summed E-state index contributed by atoms with van der Waals surface area (Å²) < 4.78 is 5.10. The van der Waals surface area contributed by atoms with E-state index in [1.54, 1.807) is 0 Å². The van der Waals surface area contributed by atoms with Crippen LogP contribution in [-0.2, 0) is 13.0 Å². The van der Waals surface area contributed by atoms with Crippen molar-refractivity contribution in [2.24, 2.45) is 0 Å². The molecular weight excluding hydrogens is 326 g/mol. The van der Waals surface area contributed by atoms with Crippen LogP contribution in [0.3, 0.4) is 0 Å². The molecule has 136 valence electrons. The van der Waals surface area contributed by atoms with Crippen molar-refractivity contribution < 1.29 is 4.52 Å². The minimum absolute atomic E-state index is 0.631. The molecule has 0 radical (unpaired) electrons. The average molecular weight is 351 g/mol. The van der Waals surface area contributed by atoms with E-state index in [-0.39, 0.29) is 0 Å². The Bertz CT molecular complexity index is 891.